The number of amides is 11. The number of rotatable bonds is 46. The summed E-state index contributed by atoms with van der Waals surface area (Å²) in [7, 11) is 0. The highest BCUT2D eigenvalue weighted by Crippen LogP contribution is 2.11. The van der Waals surface area contributed by atoms with Gasteiger partial charge in [-0.1, -0.05) is 0 Å². The Labute approximate surface area is 505 Å². The van der Waals surface area contributed by atoms with Crippen LogP contribution in [0.25, 0.3) is 0 Å². The molecule has 37 heteroatoms. The first-order valence-corrected chi connectivity index (χ1v) is 28.5. The highest BCUT2D eigenvalue weighted by molar-refractivity contribution is 5.98. The van der Waals surface area contributed by atoms with Gasteiger partial charge in [-0.15, -0.1) is 0 Å². The molecule has 0 spiro atoms. The van der Waals surface area contributed by atoms with Gasteiger partial charge in [-0.05, 0) is 123 Å². The van der Waals surface area contributed by atoms with Gasteiger partial charge >= 0.3 is 0 Å². The lowest BCUT2D eigenvalue weighted by Crippen LogP contribution is -2.60. The van der Waals surface area contributed by atoms with Crippen LogP contribution in [0.2, 0.25) is 0 Å². The smallest absolute Gasteiger partial charge is 0.243 e. The number of carbonyl (C=O) groups is 11. The van der Waals surface area contributed by atoms with E-state index >= 15 is 0 Å². The average molecular weight is 1240 g/mol. The first-order chi connectivity index (χ1) is 40.9. The lowest BCUT2D eigenvalue weighted by Gasteiger charge is -2.28. The minimum absolute atomic E-state index is 0.0182. The molecule has 0 aromatic rings. The van der Waals surface area contributed by atoms with Gasteiger partial charge in [0, 0.05) is 39.5 Å². The van der Waals surface area contributed by atoms with Gasteiger partial charge < -0.3 is 122 Å². The molecule has 494 valence electrons. The number of aliphatic hydroxyl groups excluding tert-OH is 1. The third-order valence-electron chi connectivity index (χ3n) is 12.7. The number of unbranched alkanes of at least 4 members (excludes halogenated alkanes) is 2. The van der Waals surface area contributed by atoms with Crippen LogP contribution >= 0.6 is 0 Å². The molecule has 0 aromatic carbocycles. The number of aliphatic hydroxyl groups is 1. The first-order valence-electron chi connectivity index (χ1n) is 28.5. The first kappa shape index (κ1) is 78.1. The number of hydrogen-bond acceptors (Lipinski definition) is 18. The summed E-state index contributed by atoms with van der Waals surface area (Å²) in [5, 5.41) is 32.9. The van der Waals surface area contributed by atoms with Crippen LogP contribution in [0.15, 0.2) is 20.0 Å². The van der Waals surface area contributed by atoms with Gasteiger partial charge in [0.25, 0.3) is 0 Å². The van der Waals surface area contributed by atoms with Gasteiger partial charge in [-0.25, -0.2) is 0 Å². The second kappa shape index (κ2) is 43.7. The Morgan fingerprint density at radius 1 is 0.356 bits per heavy atom. The van der Waals surface area contributed by atoms with Crippen molar-refractivity contribution in [1.82, 2.24) is 47.9 Å². The van der Waals surface area contributed by atoms with Crippen LogP contribution in [0.5, 0.6) is 0 Å². The minimum Gasteiger partial charge on any atom is -0.391 e. The summed E-state index contributed by atoms with van der Waals surface area (Å²) < 4.78 is 0. The molecule has 0 unspecified atom stereocenters. The maximum atomic E-state index is 14.5. The quantitative estimate of drug-likeness (QED) is 0.0153. The van der Waals surface area contributed by atoms with Crippen LogP contribution in [0.3, 0.4) is 0 Å². The molecule has 0 saturated carbocycles. The Bertz CT molecular complexity index is 2360. The number of hydrogen-bond donors (Lipinski definition) is 22. The Balaban J connectivity index is 7.18. The lowest BCUT2D eigenvalue weighted by atomic mass is 10.0. The number of carbonyl (C=O) groups excluding carboxylic acids is 11. The number of nitrogens with two attached hydrogens (primary N) is 12. The maximum Gasteiger partial charge on any atom is 0.243 e. The van der Waals surface area contributed by atoms with Crippen LogP contribution in [-0.2, 0) is 52.7 Å². The van der Waals surface area contributed by atoms with E-state index in [2.05, 4.69) is 67.8 Å². The predicted molar refractivity (Wildman–Crippen MR) is 323 cm³/mol. The molecule has 0 heterocycles. The number of nitrogens with one attached hydrogen (secondary N) is 9. The molecule has 0 bridgehead atoms. The molecule has 87 heavy (non-hydrogen) atoms. The van der Waals surface area contributed by atoms with Crippen LogP contribution in [0, 0.1) is 0 Å². The van der Waals surface area contributed by atoms with Crippen LogP contribution in [0.1, 0.15) is 124 Å². The largest absolute Gasteiger partial charge is 0.391 e. The molecule has 37 nitrogen and oxygen atoms in total. The van der Waals surface area contributed by atoms with Gasteiger partial charge in [-0.3, -0.25) is 72.7 Å². The van der Waals surface area contributed by atoms with Gasteiger partial charge in [0.1, 0.15) is 54.4 Å². The van der Waals surface area contributed by atoms with E-state index in [1.165, 1.54) is 20.8 Å². The molecule has 10 atom stereocenters. The highest BCUT2D eigenvalue weighted by atomic mass is 16.3. The highest BCUT2D eigenvalue weighted by Gasteiger charge is 2.35. The fourth-order valence-electron chi connectivity index (χ4n) is 8.13. The minimum atomic E-state index is -1.63. The second-order valence-corrected chi connectivity index (χ2v) is 20.3. The monoisotopic (exact) mass is 1240 g/mol. The van der Waals surface area contributed by atoms with Gasteiger partial charge in [0.15, 0.2) is 23.8 Å². The molecule has 11 amide bonds. The van der Waals surface area contributed by atoms with E-state index in [1.807, 2.05) is 0 Å². The molecule has 0 aliphatic carbocycles. The SMILES string of the molecule is CC(=O)N[C@@H](CCCN=C(N)N)C(=O)N[C@@H](C)C(=O)N[C@@H](CCCN=C(N)N)C(=O)N[C@@H](CCC(N)=O)C(=O)N[C@@H](CCCN=C(N)N)C(=O)N[C@@H](CCCCN)C(=O)N[C@@H](CCCCN)C(=O)N[C@@H](CCCN=C(N)N)C(=O)N[C@H](C(N)=O)[C@@H](C)O. The van der Waals surface area contributed by atoms with Crippen molar-refractivity contribution in [3.05, 3.63) is 0 Å². The van der Waals surface area contributed by atoms with Crippen molar-refractivity contribution in [1.29, 1.82) is 0 Å². The van der Waals surface area contributed by atoms with Crippen molar-refractivity contribution < 1.29 is 57.8 Å². The summed E-state index contributed by atoms with van der Waals surface area (Å²) in [5.74, 6) is -10.7. The van der Waals surface area contributed by atoms with Gasteiger partial charge in [0.05, 0.1) is 6.10 Å². The normalized spacial score (nSPS) is 14.2. The molecule has 0 fully saturated rings. The molecule has 0 saturated heterocycles. The van der Waals surface area contributed by atoms with Crippen molar-refractivity contribution >= 4 is 88.8 Å². The molecule has 0 aliphatic heterocycles. The van der Waals surface area contributed by atoms with Gasteiger partial charge in [-0.2, -0.15) is 0 Å². The van der Waals surface area contributed by atoms with E-state index in [4.69, 9.17) is 68.8 Å². The van der Waals surface area contributed by atoms with Gasteiger partial charge in [0.2, 0.25) is 65.0 Å². The second-order valence-electron chi connectivity index (χ2n) is 20.3. The Hall–Kier alpha value is -8.87. The summed E-state index contributed by atoms with van der Waals surface area (Å²) >= 11 is 0. The number of nitrogens with zero attached hydrogens (tertiary/aromatic N) is 4. The third-order valence-corrected chi connectivity index (χ3v) is 12.7. The third kappa shape index (κ3) is 35.9. The summed E-state index contributed by atoms with van der Waals surface area (Å²) in [5.41, 5.74) is 66.1. The zero-order valence-corrected chi connectivity index (χ0v) is 50.0. The zero-order chi connectivity index (χ0) is 66.2. The number of primary amides is 2. The van der Waals surface area contributed by atoms with E-state index in [9.17, 15) is 57.8 Å². The molecule has 0 aromatic heterocycles. The zero-order valence-electron chi connectivity index (χ0n) is 50.0. The van der Waals surface area contributed by atoms with E-state index in [0.29, 0.717) is 12.8 Å². The molecular weight excluding hydrogens is 1140 g/mol. The molecule has 0 rings (SSSR count). The van der Waals surface area contributed by atoms with Crippen molar-refractivity contribution in [2.45, 2.75) is 184 Å². The topological polar surface area (TPSA) is 678 Å². The molecule has 0 aliphatic rings. The Morgan fingerprint density at radius 2 is 0.621 bits per heavy atom. The lowest BCUT2D eigenvalue weighted by molar-refractivity contribution is -0.136. The van der Waals surface area contributed by atoms with Crippen LogP contribution in [-0.4, -0.2) is 194 Å². The van der Waals surface area contributed by atoms with E-state index in [-0.39, 0.29) is 140 Å². The molecule has 0 radical (unpaired) electrons. The summed E-state index contributed by atoms with van der Waals surface area (Å²) in [6, 6.07) is -12.8. The fourth-order valence-corrected chi connectivity index (χ4v) is 8.13. The summed E-state index contributed by atoms with van der Waals surface area (Å²) in [6.45, 7) is 4.21. The number of guanidine groups is 4. The summed E-state index contributed by atoms with van der Waals surface area (Å²) in [6.07, 6.45) is -0.956. The fraction of sp³-hybridized carbons (Fsp3) is 0.700. The number of aliphatic imine (C=N–C) groups is 4. The van der Waals surface area contributed by atoms with E-state index < -0.39 is 138 Å². The average Bonchev–Trinajstić information content (AvgIpc) is 3.60. The standard InChI is InChI=1S/C50H97N25O12/c1-26(67-40(81)29(68-28(3)77)14-8-22-63-47(55)56)39(80)69-32(15-9-23-64-48(57)58)43(84)74-35(18-19-36(53)78)45(86)72-33(16-10-24-65-49(59)60)44(85)71-30(12-4-6-20-51)41(82)70-31(13-5-7-21-52)42(83)73-34(17-11-25-66-50(61)62)46(87)75-37(27(2)76)38(54)79/h26-27,29-35,37,76H,4-25,51-52H2,1-3H3,(H2,53,78)(H2,54,79)(H,67,81)(H,68,77)(H,69,80)(H,70,82)(H,71,85)(H,72,86)(H,73,83)(H,74,84)(H,75,87)(H4,55,56,63)(H4,57,58,64)(H4,59,60,65)(H4,61,62,66)/t26-,27+,29-,30-,31-,32-,33-,34-,35-,37-/m0/s1. The Morgan fingerprint density at radius 3 is 0.885 bits per heavy atom. The molecular formula is C50H97N25O12. The van der Waals surface area contributed by atoms with E-state index in [0.717, 1.165) is 0 Å². The van der Waals surface area contributed by atoms with Crippen molar-refractivity contribution in [3.8, 4) is 0 Å². The Kier molecular flexibility index (Phi) is 39.3. The predicted octanol–water partition coefficient (Wildman–Crippen LogP) is -10.0. The van der Waals surface area contributed by atoms with Crippen molar-refractivity contribution in [2.24, 2.45) is 88.8 Å². The van der Waals surface area contributed by atoms with Crippen LogP contribution in [0.4, 0.5) is 0 Å². The van der Waals surface area contributed by atoms with E-state index in [1.54, 1.807) is 0 Å². The van der Waals surface area contributed by atoms with Crippen LogP contribution < -0.4 is 117 Å². The maximum absolute atomic E-state index is 14.5. The van der Waals surface area contributed by atoms with Crippen molar-refractivity contribution in [2.75, 3.05) is 39.3 Å². The summed E-state index contributed by atoms with van der Waals surface area (Å²) in [4.78, 5) is 164. The molecule has 34 N–H and O–H groups in total. The van der Waals surface area contributed by atoms with Crippen molar-refractivity contribution in [3.63, 3.8) is 0 Å².